The maximum Gasteiger partial charge on any atom is 0.254 e. The first-order chi connectivity index (χ1) is 13.4. The van der Waals surface area contributed by atoms with Gasteiger partial charge >= 0.3 is 0 Å². The highest BCUT2D eigenvalue weighted by molar-refractivity contribution is 5.97. The zero-order valence-corrected chi connectivity index (χ0v) is 16.6. The monoisotopic (exact) mass is 380 g/mol. The Kier molecular flexibility index (Phi) is 4.85. The lowest BCUT2D eigenvalue weighted by Crippen LogP contribution is -2.29. The summed E-state index contributed by atoms with van der Waals surface area (Å²) in [6.45, 7) is 6.94. The molecule has 7 heteroatoms. The van der Waals surface area contributed by atoms with E-state index in [1.807, 2.05) is 49.9 Å². The molecule has 1 saturated heterocycles. The highest BCUT2D eigenvalue weighted by Gasteiger charge is 2.36. The van der Waals surface area contributed by atoms with Crippen molar-refractivity contribution in [1.29, 1.82) is 0 Å². The molecular weight excluding hydrogens is 356 g/mol. The largest absolute Gasteiger partial charge is 0.379 e. The van der Waals surface area contributed by atoms with Crippen molar-refractivity contribution in [2.24, 2.45) is 5.92 Å². The van der Waals surface area contributed by atoms with E-state index in [0.717, 1.165) is 33.9 Å². The van der Waals surface area contributed by atoms with E-state index < -0.39 is 0 Å². The second-order valence-corrected chi connectivity index (χ2v) is 7.48. The second kappa shape index (κ2) is 7.31. The summed E-state index contributed by atoms with van der Waals surface area (Å²) >= 11 is 0. The van der Waals surface area contributed by atoms with Crippen LogP contribution in [-0.4, -0.2) is 52.2 Å². The first kappa shape index (κ1) is 18.6. The Morgan fingerprint density at radius 1 is 1.14 bits per heavy atom. The number of benzene rings is 1. The number of ether oxygens (including phenoxy) is 1. The second-order valence-electron chi connectivity index (χ2n) is 7.48. The van der Waals surface area contributed by atoms with Gasteiger partial charge in [0.15, 0.2) is 0 Å². The lowest BCUT2D eigenvalue weighted by molar-refractivity contribution is 0.0672. The normalized spacial score (nSPS) is 19.5. The standard InChI is InChI=1S/C21H24N4O3/c1-12-7-17(28-24-12)8-16-10-25(11-20(16)27-4)21(26)15-5-6-18-19(9-15)23-14(3)13(2)22-18/h5-7,9,16,20H,8,10-11H2,1-4H3/t16-,20+/m1/s1. The molecule has 0 N–H and O–H groups in total. The van der Waals surface area contributed by atoms with Gasteiger partial charge in [0.25, 0.3) is 5.91 Å². The smallest absolute Gasteiger partial charge is 0.254 e. The average molecular weight is 380 g/mol. The molecule has 1 aliphatic heterocycles. The van der Waals surface area contributed by atoms with Gasteiger partial charge in [-0.05, 0) is 39.0 Å². The fraction of sp³-hybridized carbons (Fsp3) is 0.429. The predicted molar refractivity (Wildman–Crippen MR) is 104 cm³/mol. The molecule has 3 aromatic rings. The van der Waals surface area contributed by atoms with Gasteiger partial charge in [0.2, 0.25) is 0 Å². The minimum absolute atomic E-state index is 0.0137. The number of likely N-dealkylation sites (tertiary alicyclic amines) is 1. The first-order valence-corrected chi connectivity index (χ1v) is 9.44. The molecule has 0 radical (unpaired) electrons. The van der Waals surface area contributed by atoms with Gasteiger partial charge in [-0.2, -0.15) is 0 Å². The molecule has 7 nitrogen and oxygen atoms in total. The van der Waals surface area contributed by atoms with E-state index in [0.29, 0.717) is 25.1 Å². The van der Waals surface area contributed by atoms with Crippen LogP contribution < -0.4 is 0 Å². The molecule has 1 fully saturated rings. The van der Waals surface area contributed by atoms with E-state index in [4.69, 9.17) is 9.26 Å². The number of rotatable bonds is 4. The molecule has 3 heterocycles. The van der Waals surface area contributed by atoms with Crippen LogP contribution in [0.3, 0.4) is 0 Å². The number of aromatic nitrogens is 3. The topological polar surface area (TPSA) is 81.4 Å². The van der Waals surface area contributed by atoms with Gasteiger partial charge < -0.3 is 14.2 Å². The summed E-state index contributed by atoms with van der Waals surface area (Å²) in [5.74, 6) is 0.984. The summed E-state index contributed by atoms with van der Waals surface area (Å²) in [5, 5.41) is 3.94. The van der Waals surface area contributed by atoms with Crippen molar-refractivity contribution in [1.82, 2.24) is 20.0 Å². The molecule has 2 atom stereocenters. The van der Waals surface area contributed by atoms with E-state index >= 15 is 0 Å². The quantitative estimate of drug-likeness (QED) is 0.692. The van der Waals surface area contributed by atoms with Crippen LogP contribution in [0.25, 0.3) is 11.0 Å². The van der Waals surface area contributed by atoms with Crippen molar-refractivity contribution >= 4 is 16.9 Å². The molecule has 2 aromatic heterocycles. The molecule has 146 valence electrons. The maximum absolute atomic E-state index is 13.1. The van der Waals surface area contributed by atoms with Crippen molar-refractivity contribution in [2.45, 2.75) is 33.3 Å². The fourth-order valence-electron chi connectivity index (χ4n) is 3.79. The third-order valence-electron chi connectivity index (χ3n) is 5.43. The van der Waals surface area contributed by atoms with Crippen LogP contribution in [0.2, 0.25) is 0 Å². The molecule has 4 rings (SSSR count). The molecule has 0 aliphatic carbocycles. The molecule has 0 bridgehead atoms. The Bertz CT molecular complexity index is 1030. The Morgan fingerprint density at radius 2 is 1.89 bits per heavy atom. The lowest BCUT2D eigenvalue weighted by Gasteiger charge is -2.16. The number of aryl methyl sites for hydroxylation is 3. The highest BCUT2D eigenvalue weighted by atomic mass is 16.5. The van der Waals surface area contributed by atoms with Crippen LogP contribution in [0.1, 0.15) is 33.2 Å². The van der Waals surface area contributed by atoms with Gasteiger partial charge in [-0.3, -0.25) is 4.79 Å². The Labute approximate surface area is 163 Å². The number of hydrogen-bond acceptors (Lipinski definition) is 6. The first-order valence-electron chi connectivity index (χ1n) is 9.44. The Morgan fingerprint density at radius 3 is 2.57 bits per heavy atom. The van der Waals surface area contributed by atoms with Crippen LogP contribution in [0.5, 0.6) is 0 Å². The minimum Gasteiger partial charge on any atom is -0.379 e. The summed E-state index contributed by atoms with van der Waals surface area (Å²) in [6, 6.07) is 7.44. The van der Waals surface area contributed by atoms with Gasteiger partial charge in [-0.1, -0.05) is 5.16 Å². The molecule has 28 heavy (non-hydrogen) atoms. The van der Waals surface area contributed by atoms with E-state index in [2.05, 4.69) is 15.1 Å². The number of hydrogen-bond donors (Lipinski definition) is 0. The molecule has 1 amide bonds. The van der Waals surface area contributed by atoms with E-state index in [9.17, 15) is 4.79 Å². The third-order valence-corrected chi connectivity index (χ3v) is 5.43. The van der Waals surface area contributed by atoms with Crippen molar-refractivity contribution < 1.29 is 14.1 Å². The number of amides is 1. The lowest BCUT2D eigenvalue weighted by atomic mass is 10.0. The minimum atomic E-state index is -0.0282. The summed E-state index contributed by atoms with van der Waals surface area (Å²) in [4.78, 5) is 24.0. The van der Waals surface area contributed by atoms with E-state index in [-0.39, 0.29) is 17.9 Å². The van der Waals surface area contributed by atoms with Crippen molar-refractivity contribution in [3.8, 4) is 0 Å². The highest BCUT2D eigenvalue weighted by Crippen LogP contribution is 2.26. The van der Waals surface area contributed by atoms with Gasteiger partial charge in [-0.25, -0.2) is 9.97 Å². The predicted octanol–water partition coefficient (Wildman–Crippen LogP) is 2.87. The fourth-order valence-corrected chi connectivity index (χ4v) is 3.79. The Balaban J connectivity index is 1.54. The number of nitrogens with zero attached hydrogens (tertiary/aromatic N) is 4. The summed E-state index contributed by atoms with van der Waals surface area (Å²) in [7, 11) is 1.69. The maximum atomic E-state index is 13.1. The van der Waals surface area contributed by atoms with Gasteiger partial charge in [0, 0.05) is 44.2 Å². The molecule has 0 spiro atoms. The van der Waals surface area contributed by atoms with E-state index in [1.165, 1.54) is 0 Å². The SMILES string of the molecule is CO[C@H]1CN(C(=O)c2ccc3nc(C)c(C)nc3c2)C[C@H]1Cc1cc(C)no1. The molecule has 1 aliphatic rings. The van der Waals surface area contributed by atoms with Crippen LogP contribution in [0, 0.1) is 26.7 Å². The van der Waals surface area contributed by atoms with Crippen molar-refractivity contribution in [3.05, 3.63) is 52.7 Å². The summed E-state index contributed by atoms with van der Waals surface area (Å²) < 4.78 is 11.0. The van der Waals surface area contributed by atoms with Crippen LogP contribution in [-0.2, 0) is 11.2 Å². The summed E-state index contributed by atoms with van der Waals surface area (Å²) in [6.07, 6.45) is 0.671. The molecule has 1 aromatic carbocycles. The number of methoxy groups -OCH3 is 1. The summed E-state index contributed by atoms with van der Waals surface area (Å²) in [5.41, 5.74) is 4.80. The average Bonchev–Trinajstić information content (AvgIpc) is 3.28. The zero-order chi connectivity index (χ0) is 19.8. The van der Waals surface area contributed by atoms with Crippen LogP contribution in [0.15, 0.2) is 28.8 Å². The van der Waals surface area contributed by atoms with Crippen LogP contribution >= 0.6 is 0 Å². The number of carbonyl (C=O) groups excluding carboxylic acids is 1. The van der Waals surface area contributed by atoms with Crippen LogP contribution in [0.4, 0.5) is 0 Å². The molecule has 0 saturated carbocycles. The third kappa shape index (κ3) is 3.49. The van der Waals surface area contributed by atoms with Gasteiger partial charge in [0.05, 0.1) is 34.2 Å². The van der Waals surface area contributed by atoms with Gasteiger partial charge in [-0.15, -0.1) is 0 Å². The number of fused-ring (bicyclic) bond motifs is 1. The molecular formula is C21H24N4O3. The molecule has 0 unspecified atom stereocenters. The van der Waals surface area contributed by atoms with E-state index in [1.54, 1.807) is 7.11 Å². The zero-order valence-electron chi connectivity index (χ0n) is 16.6. The van der Waals surface area contributed by atoms with Crippen molar-refractivity contribution in [3.63, 3.8) is 0 Å². The van der Waals surface area contributed by atoms with Crippen molar-refractivity contribution in [2.75, 3.05) is 20.2 Å². The van der Waals surface area contributed by atoms with Gasteiger partial charge in [0.1, 0.15) is 5.76 Å². The number of carbonyl (C=O) groups is 1. The Hall–Kier alpha value is -2.80.